The van der Waals surface area contributed by atoms with E-state index >= 15 is 0 Å². The second-order valence-corrected chi connectivity index (χ2v) is 4.95. The van der Waals surface area contributed by atoms with Crippen LogP contribution in [-0.4, -0.2) is 30.7 Å². The minimum Gasteiger partial charge on any atom is -0.465 e. The number of ether oxygens (including phenoxy) is 2. The van der Waals surface area contributed by atoms with E-state index in [1.165, 1.54) is 6.92 Å². The summed E-state index contributed by atoms with van der Waals surface area (Å²) in [5.41, 5.74) is 1.03. The molecule has 22 heavy (non-hydrogen) atoms. The van der Waals surface area contributed by atoms with E-state index in [-0.39, 0.29) is 37.6 Å². The maximum absolute atomic E-state index is 11.8. The van der Waals surface area contributed by atoms with Crippen LogP contribution in [0.5, 0.6) is 0 Å². The second kappa shape index (κ2) is 9.84. The first-order chi connectivity index (χ1) is 10.5. The Morgan fingerprint density at radius 2 is 1.82 bits per heavy atom. The zero-order valence-corrected chi connectivity index (χ0v) is 13.0. The van der Waals surface area contributed by atoms with Crippen molar-refractivity contribution in [2.75, 3.05) is 13.2 Å². The monoisotopic (exact) mass is 306 g/mol. The Balaban J connectivity index is 2.32. The molecule has 5 heteroatoms. The smallest absolute Gasteiger partial charge is 0.316 e. The van der Waals surface area contributed by atoms with Gasteiger partial charge in [-0.2, -0.15) is 0 Å². The van der Waals surface area contributed by atoms with E-state index in [1.54, 1.807) is 6.92 Å². The molecule has 0 saturated carbocycles. The lowest BCUT2D eigenvalue weighted by Gasteiger charge is -2.11. The molecule has 1 aromatic rings. The molecular formula is C17H22O5. The molecule has 0 radical (unpaired) electrons. The first-order valence-electron chi connectivity index (χ1n) is 7.35. The van der Waals surface area contributed by atoms with Crippen LogP contribution in [0.15, 0.2) is 30.3 Å². The average molecular weight is 306 g/mol. The predicted molar refractivity (Wildman–Crippen MR) is 81.1 cm³/mol. The van der Waals surface area contributed by atoms with Gasteiger partial charge >= 0.3 is 5.97 Å². The Morgan fingerprint density at radius 1 is 1.14 bits per heavy atom. The van der Waals surface area contributed by atoms with E-state index in [0.29, 0.717) is 6.61 Å². The van der Waals surface area contributed by atoms with E-state index in [1.807, 2.05) is 30.3 Å². The van der Waals surface area contributed by atoms with Gasteiger partial charge in [0.15, 0.2) is 0 Å². The second-order valence-electron chi connectivity index (χ2n) is 4.95. The lowest BCUT2D eigenvalue weighted by atomic mass is 9.97. The topological polar surface area (TPSA) is 69.7 Å². The Labute approximate surface area is 130 Å². The molecule has 0 heterocycles. The minimum atomic E-state index is -0.999. The zero-order chi connectivity index (χ0) is 16.4. The molecule has 0 aliphatic carbocycles. The van der Waals surface area contributed by atoms with Gasteiger partial charge in [-0.25, -0.2) is 0 Å². The van der Waals surface area contributed by atoms with Gasteiger partial charge < -0.3 is 9.47 Å². The molecule has 0 N–H and O–H groups in total. The third-order valence-corrected chi connectivity index (χ3v) is 3.13. The van der Waals surface area contributed by atoms with Crippen molar-refractivity contribution in [3.05, 3.63) is 35.9 Å². The van der Waals surface area contributed by atoms with Crippen LogP contribution < -0.4 is 0 Å². The Hall–Kier alpha value is -2.01. The summed E-state index contributed by atoms with van der Waals surface area (Å²) in [6.07, 6.45) is 0.0544. The average Bonchev–Trinajstić information content (AvgIpc) is 2.50. The molecule has 1 rings (SSSR count). The summed E-state index contributed by atoms with van der Waals surface area (Å²) in [7, 11) is 0. The number of Topliss-reactive ketones (excluding diaryl/α,β-unsaturated/α-hetero) is 2. The Bertz CT molecular complexity index is 495. The minimum absolute atomic E-state index is 0.122. The fourth-order valence-corrected chi connectivity index (χ4v) is 1.92. The number of carbonyl (C=O) groups excluding carboxylic acids is 3. The molecule has 0 aliphatic heterocycles. The van der Waals surface area contributed by atoms with Crippen LogP contribution in [0.3, 0.4) is 0 Å². The fraction of sp³-hybridized carbons (Fsp3) is 0.471. The largest absolute Gasteiger partial charge is 0.465 e. The highest BCUT2D eigenvalue weighted by Crippen LogP contribution is 2.10. The predicted octanol–water partition coefficient (Wildman–Crippen LogP) is 2.32. The molecule has 0 aromatic heterocycles. The van der Waals surface area contributed by atoms with Crippen molar-refractivity contribution in [2.45, 2.75) is 33.3 Å². The summed E-state index contributed by atoms with van der Waals surface area (Å²) in [6.45, 7) is 3.84. The fourth-order valence-electron chi connectivity index (χ4n) is 1.92. The Kier molecular flexibility index (Phi) is 8.07. The third-order valence-electron chi connectivity index (χ3n) is 3.13. The van der Waals surface area contributed by atoms with Gasteiger partial charge in [0.25, 0.3) is 0 Å². The molecule has 0 spiro atoms. The molecule has 0 saturated heterocycles. The lowest BCUT2D eigenvalue weighted by molar-refractivity contribution is -0.153. The van der Waals surface area contributed by atoms with Crippen LogP contribution in [-0.2, 0) is 30.5 Å². The zero-order valence-electron chi connectivity index (χ0n) is 13.0. The molecule has 0 aliphatic rings. The van der Waals surface area contributed by atoms with Crippen molar-refractivity contribution < 1.29 is 23.9 Å². The van der Waals surface area contributed by atoms with Crippen molar-refractivity contribution in [1.29, 1.82) is 0 Å². The Morgan fingerprint density at radius 3 is 2.41 bits per heavy atom. The molecule has 1 atom stereocenters. The maximum atomic E-state index is 11.8. The number of rotatable bonds is 10. The SMILES string of the molecule is CCOC(=O)C(CC(=O)CCOCc1ccccc1)C(C)=O. The van der Waals surface area contributed by atoms with Crippen LogP contribution in [0.2, 0.25) is 0 Å². The lowest BCUT2D eigenvalue weighted by Crippen LogP contribution is -2.27. The van der Waals surface area contributed by atoms with Gasteiger partial charge in [-0.15, -0.1) is 0 Å². The van der Waals surface area contributed by atoms with Gasteiger partial charge in [0.2, 0.25) is 0 Å². The van der Waals surface area contributed by atoms with Crippen LogP contribution in [0, 0.1) is 5.92 Å². The number of hydrogen-bond acceptors (Lipinski definition) is 5. The van der Waals surface area contributed by atoms with E-state index < -0.39 is 11.9 Å². The van der Waals surface area contributed by atoms with Gasteiger partial charge in [0.05, 0.1) is 19.8 Å². The third kappa shape index (κ3) is 6.63. The number of benzene rings is 1. The van der Waals surface area contributed by atoms with Crippen LogP contribution in [0.25, 0.3) is 0 Å². The van der Waals surface area contributed by atoms with Crippen LogP contribution in [0.4, 0.5) is 0 Å². The summed E-state index contributed by atoms with van der Waals surface area (Å²) in [4.78, 5) is 34.9. The molecule has 0 fully saturated rings. The summed E-state index contributed by atoms with van der Waals surface area (Å²) in [5.74, 6) is -2.16. The van der Waals surface area contributed by atoms with Gasteiger partial charge in [-0.05, 0) is 19.4 Å². The highest BCUT2D eigenvalue weighted by atomic mass is 16.5. The van der Waals surface area contributed by atoms with Crippen molar-refractivity contribution in [3.63, 3.8) is 0 Å². The molecule has 120 valence electrons. The molecule has 0 bridgehead atoms. The first kappa shape index (κ1) is 18.0. The number of esters is 1. The molecule has 5 nitrogen and oxygen atoms in total. The van der Waals surface area contributed by atoms with Crippen LogP contribution in [0.1, 0.15) is 32.3 Å². The van der Waals surface area contributed by atoms with Crippen molar-refractivity contribution in [3.8, 4) is 0 Å². The first-order valence-corrected chi connectivity index (χ1v) is 7.35. The summed E-state index contributed by atoms with van der Waals surface area (Å²) < 4.78 is 10.2. The standard InChI is InChI=1S/C17H22O5/c1-3-22-17(20)16(13(2)18)11-15(19)9-10-21-12-14-7-5-4-6-8-14/h4-8,16H,3,9-12H2,1-2H3. The molecule has 1 unspecified atom stereocenters. The van der Waals surface area contributed by atoms with E-state index in [4.69, 9.17) is 9.47 Å². The maximum Gasteiger partial charge on any atom is 0.316 e. The normalized spacial score (nSPS) is 11.7. The number of ketones is 2. The number of hydrogen-bond donors (Lipinski definition) is 0. The molecular weight excluding hydrogens is 284 g/mol. The van der Waals surface area contributed by atoms with Gasteiger partial charge in [-0.1, -0.05) is 30.3 Å². The molecule has 0 amide bonds. The quantitative estimate of drug-likeness (QED) is 0.377. The molecule has 1 aromatic carbocycles. The number of carbonyl (C=O) groups is 3. The summed E-state index contributed by atoms with van der Waals surface area (Å²) in [5, 5.41) is 0. The van der Waals surface area contributed by atoms with Gasteiger partial charge in [0, 0.05) is 12.8 Å². The summed E-state index contributed by atoms with van der Waals surface area (Å²) in [6, 6.07) is 9.63. The van der Waals surface area contributed by atoms with Crippen molar-refractivity contribution >= 4 is 17.5 Å². The highest BCUT2D eigenvalue weighted by Gasteiger charge is 2.27. The summed E-state index contributed by atoms with van der Waals surface area (Å²) >= 11 is 0. The van der Waals surface area contributed by atoms with Crippen LogP contribution >= 0.6 is 0 Å². The van der Waals surface area contributed by atoms with E-state index in [9.17, 15) is 14.4 Å². The van der Waals surface area contributed by atoms with E-state index in [2.05, 4.69) is 0 Å². The highest BCUT2D eigenvalue weighted by molar-refractivity contribution is 6.01. The van der Waals surface area contributed by atoms with Gasteiger partial charge in [-0.3, -0.25) is 14.4 Å². The van der Waals surface area contributed by atoms with E-state index in [0.717, 1.165) is 5.56 Å². The van der Waals surface area contributed by atoms with Crippen molar-refractivity contribution in [1.82, 2.24) is 0 Å². The van der Waals surface area contributed by atoms with Gasteiger partial charge in [0.1, 0.15) is 17.5 Å². The van der Waals surface area contributed by atoms with Crippen molar-refractivity contribution in [2.24, 2.45) is 5.92 Å².